The van der Waals surface area contributed by atoms with Crippen LogP contribution in [0.15, 0.2) is 0 Å². The first-order valence-corrected chi connectivity index (χ1v) is 7.64. The summed E-state index contributed by atoms with van der Waals surface area (Å²) in [5.74, 6) is 0.588. The first kappa shape index (κ1) is 14.6. The molecule has 0 saturated carbocycles. The normalized spacial score (nSPS) is 13.2. The molecular formula is C13H25N3S. The van der Waals surface area contributed by atoms with Crippen molar-refractivity contribution in [1.29, 1.82) is 0 Å². The number of rotatable bonds is 8. The van der Waals surface area contributed by atoms with E-state index in [1.165, 1.54) is 5.01 Å². The highest BCUT2D eigenvalue weighted by atomic mass is 32.1. The maximum absolute atomic E-state index is 4.36. The summed E-state index contributed by atoms with van der Waals surface area (Å²) in [5, 5.41) is 14.6. The fourth-order valence-corrected chi connectivity index (χ4v) is 3.18. The lowest BCUT2D eigenvalue weighted by atomic mass is 10.1. The number of hydrogen-bond acceptors (Lipinski definition) is 4. The lowest BCUT2D eigenvalue weighted by Crippen LogP contribution is -2.21. The monoisotopic (exact) mass is 255 g/mol. The van der Waals surface area contributed by atoms with Crippen molar-refractivity contribution >= 4 is 11.3 Å². The molecule has 98 valence electrons. The second-order valence-corrected chi connectivity index (χ2v) is 5.45. The van der Waals surface area contributed by atoms with Crippen LogP contribution in [0.3, 0.4) is 0 Å². The van der Waals surface area contributed by atoms with Crippen molar-refractivity contribution in [2.75, 3.05) is 6.54 Å². The van der Waals surface area contributed by atoms with Gasteiger partial charge in [0, 0.05) is 5.92 Å². The first-order chi connectivity index (χ1) is 8.26. The van der Waals surface area contributed by atoms with Crippen LogP contribution in [0.4, 0.5) is 0 Å². The zero-order valence-electron chi connectivity index (χ0n) is 11.5. The van der Waals surface area contributed by atoms with E-state index in [0.717, 1.165) is 37.2 Å². The molecule has 1 atom stereocenters. The zero-order valence-corrected chi connectivity index (χ0v) is 12.3. The molecular weight excluding hydrogens is 230 g/mol. The number of aromatic nitrogens is 2. The van der Waals surface area contributed by atoms with Gasteiger partial charge in [0.15, 0.2) is 0 Å². The summed E-state index contributed by atoms with van der Waals surface area (Å²) in [7, 11) is 0. The van der Waals surface area contributed by atoms with Crippen LogP contribution >= 0.6 is 11.3 Å². The van der Waals surface area contributed by atoms with Crippen molar-refractivity contribution in [3.8, 4) is 0 Å². The Morgan fingerprint density at radius 3 is 2.18 bits per heavy atom. The quantitative estimate of drug-likeness (QED) is 0.765. The minimum absolute atomic E-state index is 0.385. The Hall–Kier alpha value is -0.480. The van der Waals surface area contributed by atoms with E-state index < -0.39 is 0 Å². The first-order valence-electron chi connectivity index (χ1n) is 6.83. The van der Waals surface area contributed by atoms with E-state index in [4.69, 9.17) is 0 Å². The van der Waals surface area contributed by atoms with Crippen molar-refractivity contribution in [2.24, 2.45) is 0 Å². The average Bonchev–Trinajstić information content (AvgIpc) is 2.81. The SMILES string of the molecule is CCCNC(CC)c1nnc(C(CC)CC)s1. The molecule has 0 aliphatic heterocycles. The van der Waals surface area contributed by atoms with Gasteiger partial charge in [-0.2, -0.15) is 0 Å². The van der Waals surface area contributed by atoms with E-state index in [1.807, 2.05) is 0 Å². The third kappa shape index (κ3) is 4.03. The third-order valence-corrected chi connectivity index (χ3v) is 4.34. The minimum atomic E-state index is 0.385. The van der Waals surface area contributed by atoms with Gasteiger partial charge in [0.1, 0.15) is 10.0 Å². The maximum atomic E-state index is 4.36. The van der Waals surface area contributed by atoms with Crippen LogP contribution in [0.2, 0.25) is 0 Å². The molecule has 0 aromatic carbocycles. The van der Waals surface area contributed by atoms with Gasteiger partial charge in [-0.3, -0.25) is 0 Å². The number of nitrogens with zero attached hydrogens (tertiary/aromatic N) is 2. The van der Waals surface area contributed by atoms with Crippen LogP contribution in [0.1, 0.15) is 75.4 Å². The molecule has 1 unspecified atom stereocenters. The van der Waals surface area contributed by atoms with E-state index in [2.05, 4.69) is 43.2 Å². The lowest BCUT2D eigenvalue weighted by molar-refractivity contribution is 0.512. The Balaban J connectivity index is 2.70. The van der Waals surface area contributed by atoms with Gasteiger partial charge in [-0.15, -0.1) is 10.2 Å². The summed E-state index contributed by atoms with van der Waals surface area (Å²) in [4.78, 5) is 0. The van der Waals surface area contributed by atoms with Gasteiger partial charge in [-0.05, 0) is 32.2 Å². The minimum Gasteiger partial charge on any atom is -0.308 e. The molecule has 0 radical (unpaired) electrons. The van der Waals surface area contributed by atoms with E-state index in [-0.39, 0.29) is 0 Å². The van der Waals surface area contributed by atoms with Gasteiger partial charge in [0.25, 0.3) is 0 Å². The van der Waals surface area contributed by atoms with Gasteiger partial charge < -0.3 is 5.32 Å². The zero-order chi connectivity index (χ0) is 12.7. The molecule has 4 heteroatoms. The molecule has 0 saturated heterocycles. The Kier molecular flexibility index (Phi) is 6.66. The van der Waals surface area contributed by atoms with Crippen LogP contribution in [-0.4, -0.2) is 16.7 Å². The Labute approximate surface area is 109 Å². The summed E-state index contributed by atoms with van der Waals surface area (Å²) in [6, 6.07) is 0.385. The van der Waals surface area contributed by atoms with Crippen molar-refractivity contribution in [3.63, 3.8) is 0 Å². The smallest absolute Gasteiger partial charge is 0.134 e. The average molecular weight is 255 g/mol. The molecule has 1 N–H and O–H groups in total. The van der Waals surface area contributed by atoms with E-state index >= 15 is 0 Å². The largest absolute Gasteiger partial charge is 0.308 e. The molecule has 0 aliphatic rings. The van der Waals surface area contributed by atoms with E-state index in [9.17, 15) is 0 Å². The van der Waals surface area contributed by atoms with Gasteiger partial charge >= 0.3 is 0 Å². The van der Waals surface area contributed by atoms with Gasteiger partial charge in [-0.25, -0.2) is 0 Å². The van der Waals surface area contributed by atoms with Crippen LogP contribution in [0.25, 0.3) is 0 Å². The Morgan fingerprint density at radius 1 is 1.00 bits per heavy atom. The molecule has 3 nitrogen and oxygen atoms in total. The van der Waals surface area contributed by atoms with Crippen LogP contribution in [0.5, 0.6) is 0 Å². The predicted octanol–water partition coefficient (Wildman–Crippen LogP) is 3.89. The van der Waals surface area contributed by atoms with Crippen LogP contribution in [-0.2, 0) is 0 Å². The maximum Gasteiger partial charge on any atom is 0.134 e. The second-order valence-electron chi connectivity index (χ2n) is 4.41. The number of nitrogens with one attached hydrogen (secondary N) is 1. The highest BCUT2D eigenvalue weighted by Crippen LogP contribution is 2.29. The highest BCUT2D eigenvalue weighted by Gasteiger charge is 2.17. The van der Waals surface area contributed by atoms with Gasteiger partial charge in [0.05, 0.1) is 6.04 Å². The van der Waals surface area contributed by atoms with Gasteiger partial charge in [-0.1, -0.05) is 39.0 Å². The molecule has 1 rings (SSSR count). The molecule has 1 aromatic heterocycles. The highest BCUT2D eigenvalue weighted by molar-refractivity contribution is 7.11. The molecule has 0 fully saturated rings. The van der Waals surface area contributed by atoms with Crippen molar-refractivity contribution in [2.45, 2.75) is 65.3 Å². The Morgan fingerprint density at radius 2 is 1.65 bits per heavy atom. The predicted molar refractivity (Wildman–Crippen MR) is 74.6 cm³/mol. The van der Waals surface area contributed by atoms with Crippen molar-refractivity contribution in [3.05, 3.63) is 10.0 Å². The second kappa shape index (κ2) is 7.77. The lowest BCUT2D eigenvalue weighted by Gasteiger charge is -2.12. The van der Waals surface area contributed by atoms with E-state index in [1.54, 1.807) is 11.3 Å². The third-order valence-electron chi connectivity index (χ3n) is 3.14. The molecule has 1 heterocycles. The number of hydrogen-bond donors (Lipinski definition) is 1. The van der Waals surface area contributed by atoms with Crippen LogP contribution < -0.4 is 5.32 Å². The molecule has 0 amide bonds. The fraction of sp³-hybridized carbons (Fsp3) is 0.846. The summed E-state index contributed by atoms with van der Waals surface area (Å²) in [6.45, 7) is 9.89. The van der Waals surface area contributed by atoms with E-state index in [0.29, 0.717) is 12.0 Å². The molecule has 1 aromatic rings. The molecule has 17 heavy (non-hydrogen) atoms. The fourth-order valence-electron chi connectivity index (χ4n) is 1.92. The topological polar surface area (TPSA) is 37.8 Å². The van der Waals surface area contributed by atoms with Crippen molar-refractivity contribution < 1.29 is 0 Å². The summed E-state index contributed by atoms with van der Waals surface area (Å²) in [5.41, 5.74) is 0. The Bertz CT molecular complexity index is 307. The molecule has 0 aliphatic carbocycles. The van der Waals surface area contributed by atoms with Gasteiger partial charge in [0.2, 0.25) is 0 Å². The molecule has 0 spiro atoms. The standard InChI is InChI=1S/C13H25N3S/c1-5-9-14-11(8-4)13-16-15-12(17-13)10(6-2)7-3/h10-11,14H,5-9H2,1-4H3. The van der Waals surface area contributed by atoms with Crippen molar-refractivity contribution in [1.82, 2.24) is 15.5 Å². The summed E-state index contributed by atoms with van der Waals surface area (Å²) >= 11 is 1.79. The molecule has 0 bridgehead atoms. The summed E-state index contributed by atoms with van der Waals surface area (Å²) in [6.07, 6.45) is 4.56. The van der Waals surface area contributed by atoms with Crippen LogP contribution in [0, 0.1) is 0 Å². The summed E-state index contributed by atoms with van der Waals surface area (Å²) < 4.78 is 0.